The number of rotatable bonds is 4. The van der Waals surface area contributed by atoms with Gasteiger partial charge in [-0.15, -0.1) is 0 Å². The highest BCUT2D eigenvalue weighted by atomic mass is 16.5. The summed E-state index contributed by atoms with van der Waals surface area (Å²) in [5.41, 5.74) is 9.31. The third-order valence-electron chi connectivity index (χ3n) is 3.15. The first-order chi connectivity index (χ1) is 9.17. The van der Waals surface area contributed by atoms with E-state index in [-0.39, 0.29) is 6.10 Å². The van der Waals surface area contributed by atoms with Crippen molar-refractivity contribution in [3.8, 4) is 17.0 Å². The summed E-state index contributed by atoms with van der Waals surface area (Å²) >= 11 is 0. The summed E-state index contributed by atoms with van der Waals surface area (Å²) in [5.74, 6) is 0.607. The topological polar surface area (TPSA) is 57.4 Å². The largest absolute Gasteiger partial charge is 0.492 e. The molecule has 100 valence electrons. The predicted octanol–water partition coefficient (Wildman–Crippen LogP) is 3.05. The highest BCUT2D eigenvalue weighted by molar-refractivity contribution is 5.73. The molecule has 4 nitrogen and oxygen atoms in total. The van der Waals surface area contributed by atoms with Crippen LogP contribution >= 0.6 is 0 Å². The van der Waals surface area contributed by atoms with Crippen LogP contribution in [0.25, 0.3) is 11.3 Å². The van der Waals surface area contributed by atoms with E-state index in [0.717, 1.165) is 16.8 Å². The second-order valence-corrected chi connectivity index (χ2v) is 4.28. The second-order valence-electron chi connectivity index (χ2n) is 4.28. The van der Waals surface area contributed by atoms with E-state index in [4.69, 9.17) is 15.2 Å². The molecule has 1 unspecified atom stereocenters. The number of hydrogen-bond donors (Lipinski definition) is 1. The normalized spacial score (nSPS) is 12.2. The number of methoxy groups -OCH3 is 2. The average Bonchev–Trinajstić information content (AvgIpc) is 2.46. The highest BCUT2D eigenvalue weighted by Gasteiger charge is 2.11. The molecule has 1 aromatic carbocycles. The average molecular weight is 258 g/mol. The third-order valence-corrected chi connectivity index (χ3v) is 3.15. The molecule has 0 amide bonds. The number of ether oxygens (including phenoxy) is 2. The number of hydrogen-bond acceptors (Lipinski definition) is 4. The van der Waals surface area contributed by atoms with Gasteiger partial charge in [0.2, 0.25) is 0 Å². The molecule has 0 spiro atoms. The molecule has 0 saturated carbocycles. The van der Waals surface area contributed by atoms with Crippen LogP contribution in [0, 0.1) is 0 Å². The van der Waals surface area contributed by atoms with Crippen molar-refractivity contribution in [1.82, 2.24) is 4.98 Å². The molecule has 19 heavy (non-hydrogen) atoms. The van der Waals surface area contributed by atoms with E-state index in [1.165, 1.54) is 0 Å². The standard InChI is InChI=1S/C15H18N2O2/c1-10(18-2)11-4-6-12(7-5-11)14-15(19-3)13(16)8-9-17-14/h4-10H,1-3H3,(H2,16,17). The van der Waals surface area contributed by atoms with Crippen LogP contribution in [-0.2, 0) is 4.74 Å². The van der Waals surface area contributed by atoms with E-state index in [0.29, 0.717) is 11.4 Å². The van der Waals surface area contributed by atoms with Gasteiger partial charge in [-0.25, -0.2) is 0 Å². The lowest BCUT2D eigenvalue weighted by molar-refractivity contribution is 0.119. The molecular weight excluding hydrogens is 240 g/mol. The van der Waals surface area contributed by atoms with Crippen molar-refractivity contribution in [2.45, 2.75) is 13.0 Å². The molecule has 4 heteroatoms. The monoisotopic (exact) mass is 258 g/mol. The Labute approximate surface area is 113 Å². The number of anilines is 1. The maximum atomic E-state index is 5.88. The predicted molar refractivity (Wildman–Crippen MR) is 76.1 cm³/mol. The zero-order valence-corrected chi connectivity index (χ0v) is 11.4. The molecule has 0 saturated heterocycles. The fourth-order valence-electron chi connectivity index (χ4n) is 1.93. The van der Waals surface area contributed by atoms with Crippen molar-refractivity contribution in [2.75, 3.05) is 20.0 Å². The maximum Gasteiger partial charge on any atom is 0.167 e. The van der Waals surface area contributed by atoms with Gasteiger partial charge in [0.1, 0.15) is 5.69 Å². The van der Waals surface area contributed by atoms with Gasteiger partial charge in [-0.2, -0.15) is 0 Å². The minimum absolute atomic E-state index is 0.0738. The number of pyridine rings is 1. The lowest BCUT2D eigenvalue weighted by atomic mass is 10.0. The summed E-state index contributed by atoms with van der Waals surface area (Å²) < 4.78 is 10.6. The smallest absolute Gasteiger partial charge is 0.167 e. The van der Waals surface area contributed by atoms with Crippen LogP contribution in [0.2, 0.25) is 0 Å². The first-order valence-corrected chi connectivity index (χ1v) is 6.09. The Kier molecular flexibility index (Phi) is 4.02. The molecule has 1 heterocycles. The summed E-state index contributed by atoms with van der Waals surface area (Å²) in [6.45, 7) is 2.01. The van der Waals surface area contributed by atoms with E-state index in [9.17, 15) is 0 Å². The zero-order valence-electron chi connectivity index (χ0n) is 11.4. The van der Waals surface area contributed by atoms with E-state index in [1.54, 1.807) is 26.5 Å². The Morgan fingerprint density at radius 3 is 2.37 bits per heavy atom. The number of nitrogens with two attached hydrogens (primary N) is 1. The number of aromatic nitrogens is 1. The number of nitrogens with zero attached hydrogens (tertiary/aromatic N) is 1. The van der Waals surface area contributed by atoms with Crippen LogP contribution in [0.4, 0.5) is 5.69 Å². The molecular formula is C15H18N2O2. The molecule has 0 fully saturated rings. The van der Waals surface area contributed by atoms with Gasteiger partial charge in [-0.05, 0) is 18.6 Å². The Morgan fingerprint density at radius 1 is 1.11 bits per heavy atom. The van der Waals surface area contributed by atoms with E-state index >= 15 is 0 Å². The molecule has 0 aliphatic heterocycles. The van der Waals surface area contributed by atoms with Crippen molar-refractivity contribution >= 4 is 5.69 Å². The Bertz CT molecular complexity index is 553. The molecule has 0 bridgehead atoms. The van der Waals surface area contributed by atoms with Crippen LogP contribution in [0.5, 0.6) is 5.75 Å². The van der Waals surface area contributed by atoms with Crippen LogP contribution in [0.15, 0.2) is 36.5 Å². The van der Waals surface area contributed by atoms with Gasteiger partial charge in [-0.3, -0.25) is 4.98 Å². The first-order valence-electron chi connectivity index (χ1n) is 6.09. The molecule has 2 rings (SSSR count). The Balaban J connectivity index is 2.40. The van der Waals surface area contributed by atoms with Crippen LogP contribution in [0.1, 0.15) is 18.6 Å². The number of benzene rings is 1. The highest BCUT2D eigenvalue weighted by Crippen LogP contribution is 2.33. The van der Waals surface area contributed by atoms with Crippen molar-refractivity contribution in [3.05, 3.63) is 42.1 Å². The SMILES string of the molecule is COc1c(N)ccnc1-c1ccc(C(C)OC)cc1. The van der Waals surface area contributed by atoms with Gasteiger partial charge < -0.3 is 15.2 Å². The van der Waals surface area contributed by atoms with Crippen LogP contribution in [-0.4, -0.2) is 19.2 Å². The van der Waals surface area contributed by atoms with Crippen LogP contribution < -0.4 is 10.5 Å². The van der Waals surface area contributed by atoms with E-state index < -0.39 is 0 Å². The van der Waals surface area contributed by atoms with Gasteiger partial charge in [-0.1, -0.05) is 24.3 Å². The fraction of sp³-hybridized carbons (Fsp3) is 0.267. The lowest BCUT2D eigenvalue weighted by Crippen LogP contribution is -1.98. The Morgan fingerprint density at radius 2 is 1.79 bits per heavy atom. The first kappa shape index (κ1) is 13.4. The zero-order chi connectivity index (χ0) is 13.8. The van der Waals surface area contributed by atoms with Crippen molar-refractivity contribution < 1.29 is 9.47 Å². The van der Waals surface area contributed by atoms with E-state index in [1.807, 2.05) is 31.2 Å². The van der Waals surface area contributed by atoms with E-state index in [2.05, 4.69) is 4.98 Å². The molecule has 0 radical (unpaired) electrons. The quantitative estimate of drug-likeness (QED) is 0.915. The van der Waals surface area contributed by atoms with Crippen molar-refractivity contribution in [2.24, 2.45) is 0 Å². The summed E-state index contributed by atoms with van der Waals surface area (Å²) in [4.78, 5) is 4.34. The third kappa shape index (κ3) is 2.69. The lowest BCUT2D eigenvalue weighted by Gasteiger charge is -2.12. The van der Waals surface area contributed by atoms with Gasteiger partial charge in [0.05, 0.1) is 18.9 Å². The van der Waals surface area contributed by atoms with Crippen molar-refractivity contribution in [1.29, 1.82) is 0 Å². The molecule has 0 aliphatic rings. The minimum Gasteiger partial charge on any atom is -0.492 e. The molecule has 0 aliphatic carbocycles. The minimum atomic E-state index is 0.0738. The summed E-state index contributed by atoms with van der Waals surface area (Å²) in [6.07, 6.45) is 1.75. The molecule has 2 aromatic rings. The molecule has 1 atom stereocenters. The van der Waals surface area contributed by atoms with Gasteiger partial charge >= 0.3 is 0 Å². The molecule has 1 aromatic heterocycles. The maximum absolute atomic E-state index is 5.88. The summed E-state index contributed by atoms with van der Waals surface area (Å²) in [5, 5.41) is 0. The summed E-state index contributed by atoms with van der Waals surface area (Å²) in [6, 6.07) is 9.76. The van der Waals surface area contributed by atoms with Gasteiger partial charge in [0.25, 0.3) is 0 Å². The fourth-order valence-corrected chi connectivity index (χ4v) is 1.93. The number of nitrogen functional groups attached to an aromatic ring is 1. The van der Waals surface area contributed by atoms with Gasteiger partial charge in [0.15, 0.2) is 5.75 Å². The Hall–Kier alpha value is -2.07. The second kappa shape index (κ2) is 5.71. The van der Waals surface area contributed by atoms with Crippen LogP contribution in [0.3, 0.4) is 0 Å². The van der Waals surface area contributed by atoms with Crippen molar-refractivity contribution in [3.63, 3.8) is 0 Å². The van der Waals surface area contributed by atoms with Gasteiger partial charge in [0, 0.05) is 18.9 Å². The summed E-state index contributed by atoms with van der Waals surface area (Å²) in [7, 11) is 3.29. The molecule has 2 N–H and O–H groups in total.